The maximum absolute atomic E-state index is 13.6. The first-order valence-electron chi connectivity index (χ1n) is 12.2. The van der Waals surface area contributed by atoms with Crippen molar-refractivity contribution in [2.45, 2.75) is 70.3 Å². The third kappa shape index (κ3) is 6.34. The second-order valence-corrected chi connectivity index (χ2v) is 10.1. The summed E-state index contributed by atoms with van der Waals surface area (Å²) in [5.74, 6) is -1.29. The monoisotopic (exact) mass is 551 g/mol. The molecule has 1 atom stereocenters. The minimum atomic E-state index is -5.01. The summed E-state index contributed by atoms with van der Waals surface area (Å²) in [4.78, 5) is 27.4. The molecule has 2 fully saturated rings. The summed E-state index contributed by atoms with van der Waals surface area (Å²) < 4.78 is 70.8. The third-order valence-corrected chi connectivity index (χ3v) is 7.54. The molecule has 1 unspecified atom stereocenters. The highest BCUT2D eigenvalue weighted by Crippen LogP contribution is 2.37. The fourth-order valence-corrected chi connectivity index (χ4v) is 5.61. The number of aliphatic hydroxyl groups is 1. The molecule has 0 aromatic carbocycles. The Balaban J connectivity index is 1.59. The van der Waals surface area contributed by atoms with E-state index in [0.717, 1.165) is 31.7 Å². The van der Waals surface area contributed by atoms with Gasteiger partial charge in [0, 0.05) is 25.1 Å². The predicted octanol–water partition coefficient (Wildman–Crippen LogP) is 5.36. The summed E-state index contributed by atoms with van der Waals surface area (Å²) >= 11 is 6.23. The molecule has 3 heterocycles. The van der Waals surface area contributed by atoms with Crippen LogP contribution in [0.2, 0.25) is 5.02 Å². The Labute approximate surface area is 214 Å². The Morgan fingerprint density at radius 2 is 1.81 bits per heavy atom. The Bertz CT molecular complexity index is 1150. The molecule has 37 heavy (non-hydrogen) atoms. The number of halogens is 6. The van der Waals surface area contributed by atoms with Crippen molar-refractivity contribution in [2.75, 3.05) is 13.1 Å². The van der Waals surface area contributed by atoms with Gasteiger partial charge in [-0.1, -0.05) is 18.0 Å². The van der Waals surface area contributed by atoms with E-state index in [9.17, 15) is 36.6 Å². The summed E-state index contributed by atoms with van der Waals surface area (Å²) in [5.41, 5.74) is -2.38. The Morgan fingerprint density at radius 3 is 2.46 bits per heavy atom. The van der Waals surface area contributed by atoms with Gasteiger partial charge in [0.2, 0.25) is 0 Å². The van der Waals surface area contributed by atoms with Crippen molar-refractivity contribution in [2.24, 2.45) is 11.8 Å². The second-order valence-electron chi connectivity index (χ2n) is 9.71. The highest BCUT2D eigenvalue weighted by Gasteiger charge is 2.37. The molecule has 1 amide bonds. The van der Waals surface area contributed by atoms with Gasteiger partial charge in [0.05, 0.1) is 23.2 Å². The number of pyridine rings is 1. The van der Waals surface area contributed by atoms with Crippen LogP contribution in [-0.4, -0.2) is 57.1 Å². The van der Waals surface area contributed by atoms with E-state index in [0.29, 0.717) is 35.8 Å². The standard InChI is InChI=1S/C24H27ClF5N3O4/c25-20-18-10-17(37-23(26)27)11-19(24(28,29)30)33(18)31-21(20)22(36)32-8-2-1-3-14(9-16(35)12-32)13-4-6-15(34)7-5-13/h10-11,13-15,23,34H,1-9,12H2. The first-order chi connectivity index (χ1) is 17.4. The van der Waals surface area contributed by atoms with Crippen LogP contribution in [0.5, 0.6) is 5.75 Å². The van der Waals surface area contributed by atoms with Gasteiger partial charge in [-0.25, -0.2) is 4.52 Å². The molecule has 204 valence electrons. The number of alkyl halides is 5. The van der Waals surface area contributed by atoms with Gasteiger partial charge in [-0.05, 0) is 50.4 Å². The molecule has 1 aliphatic carbocycles. The quantitative estimate of drug-likeness (QED) is 0.517. The molecule has 2 aromatic rings. The zero-order valence-corrected chi connectivity index (χ0v) is 20.6. The van der Waals surface area contributed by atoms with Crippen LogP contribution in [0.25, 0.3) is 5.52 Å². The molecule has 0 spiro atoms. The minimum Gasteiger partial charge on any atom is -0.435 e. The van der Waals surface area contributed by atoms with E-state index in [1.54, 1.807) is 0 Å². The van der Waals surface area contributed by atoms with Gasteiger partial charge >= 0.3 is 12.8 Å². The molecule has 1 saturated carbocycles. The first-order valence-corrected chi connectivity index (χ1v) is 12.5. The number of rotatable bonds is 4. The lowest BCUT2D eigenvalue weighted by Gasteiger charge is -2.32. The molecule has 1 aliphatic heterocycles. The maximum Gasteiger partial charge on any atom is 0.433 e. The van der Waals surface area contributed by atoms with Crippen LogP contribution in [0.3, 0.4) is 0 Å². The number of nitrogens with zero attached hydrogens (tertiary/aromatic N) is 3. The van der Waals surface area contributed by atoms with Crippen LogP contribution < -0.4 is 4.74 Å². The molecule has 1 saturated heterocycles. The molecule has 2 aliphatic rings. The zero-order valence-electron chi connectivity index (χ0n) is 19.8. The van der Waals surface area contributed by atoms with Crippen molar-refractivity contribution in [3.63, 3.8) is 0 Å². The highest BCUT2D eigenvalue weighted by molar-refractivity contribution is 6.36. The van der Waals surface area contributed by atoms with E-state index in [2.05, 4.69) is 9.84 Å². The molecular formula is C24H27ClF5N3O4. The number of carbonyl (C=O) groups is 2. The van der Waals surface area contributed by atoms with Crippen LogP contribution in [0.15, 0.2) is 12.1 Å². The van der Waals surface area contributed by atoms with E-state index in [4.69, 9.17) is 11.6 Å². The molecule has 0 radical (unpaired) electrons. The van der Waals surface area contributed by atoms with Crippen molar-refractivity contribution in [3.8, 4) is 5.75 Å². The maximum atomic E-state index is 13.6. The lowest BCUT2D eigenvalue weighted by Crippen LogP contribution is -2.37. The third-order valence-electron chi connectivity index (χ3n) is 7.17. The average molecular weight is 552 g/mol. The molecule has 4 rings (SSSR count). The molecule has 1 N–H and O–H groups in total. The number of hydrogen-bond acceptors (Lipinski definition) is 5. The number of amides is 1. The summed E-state index contributed by atoms with van der Waals surface area (Å²) in [6.07, 6.45) is 0.210. The number of ether oxygens (including phenoxy) is 1. The van der Waals surface area contributed by atoms with E-state index < -0.39 is 46.4 Å². The normalized spacial score (nSPS) is 24.2. The number of hydrogen-bond donors (Lipinski definition) is 1. The lowest BCUT2D eigenvalue weighted by molar-refractivity contribution is -0.143. The van der Waals surface area contributed by atoms with Crippen molar-refractivity contribution in [1.29, 1.82) is 0 Å². The van der Waals surface area contributed by atoms with Gasteiger partial charge in [-0.2, -0.15) is 27.1 Å². The number of Topliss-reactive ketones (excluding diaryl/α,β-unsaturated/α-hetero) is 1. The predicted molar refractivity (Wildman–Crippen MR) is 123 cm³/mol. The molecule has 0 bridgehead atoms. The van der Waals surface area contributed by atoms with Crippen molar-refractivity contribution in [3.05, 3.63) is 28.5 Å². The number of aliphatic hydroxyl groups excluding tert-OH is 1. The van der Waals surface area contributed by atoms with Crippen molar-refractivity contribution in [1.82, 2.24) is 14.5 Å². The van der Waals surface area contributed by atoms with Crippen LogP contribution in [0.1, 0.15) is 67.5 Å². The number of fused-ring (bicyclic) bond motifs is 1. The van der Waals surface area contributed by atoms with Gasteiger partial charge in [0.1, 0.15) is 11.4 Å². The van der Waals surface area contributed by atoms with Crippen LogP contribution >= 0.6 is 11.6 Å². The van der Waals surface area contributed by atoms with Crippen LogP contribution in [0.4, 0.5) is 22.0 Å². The van der Waals surface area contributed by atoms with Gasteiger partial charge < -0.3 is 14.7 Å². The van der Waals surface area contributed by atoms with Gasteiger partial charge in [0.15, 0.2) is 11.5 Å². The summed E-state index contributed by atoms with van der Waals surface area (Å²) in [6, 6.07) is 1.20. The Kier molecular flexibility index (Phi) is 8.27. The lowest BCUT2D eigenvalue weighted by atomic mass is 9.75. The van der Waals surface area contributed by atoms with Crippen LogP contribution in [-0.2, 0) is 11.0 Å². The van der Waals surface area contributed by atoms with Gasteiger partial charge in [-0.15, -0.1) is 0 Å². The zero-order chi connectivity index (χ0) is 26.9. The summed E-state index contributed by atoms with van der Waals surface area (Å²) in [5, 5.41) is 13.1. The van der Waals surface area contributed by atoms with Crippen LogP contribution in [0, 0.1) is 11.8 Å². The SMILES string of the molecule is O=C1CC(C2CCC(O)CC2)CCCCN(C(=O)c2nn3c(C(F)(F)F)cc(OC(F)F)cc3c2Cl)C1. The largest absolute Gasteiger partial charge is 0.435 e. The van der Waals surface area contributed by atoms with Crippen molar-refractivity contribution < 1.29 is 41.4 Å². The Morgan fingerprint density at radius 1 is 1.11 bits per heavy atom. The molecule has 13 heteroatoms. The highest BCUT2D eigenvalue weighted by atomic mass is 35.5. The second kappa shape index (κ2) is 11.1. The van der Waals surface area contributed by atoms with E-state index in [1.165, 1.54) is 4.90 Å². The van der Waals surface area contributed by atoms with Gasteiger partial charge in [-0.3, -0.25) is 9.59 Å². The van der Waals surface area contributed by atoms with Gasteiger partial charge in [0.25, 0.3) is 5.91 Å². The topological polar surface area (TPSA) is 84.1 Å². The Hall–Kier alpha value is -2.47. The number of carbonyl (C=O) groups excluding carboxylic acids is 2. The fourth-order valence-electron chi connectivity index (χ4n) is 5.36. The molecular weight excluding hydrogens is 525 g/mol. The number of ketones is 1. The summed E-state index contributed by atoms with van der Waals surface area (Å²) in [7, 11) is 0. The fraction of sp³-hybridized carbons (Fsp3) is 0.625. The summed E-state index contributed by atoms with van der Waals surface area (Å²) in [6.45, 7) is -3.41. The minimum absolute atomic E-state index is 0.149. The number of aromatic nitrogens is 2. The van der Waals surface area contributed by atoms with Crippen molar-refractivity contribution >= 4 is 28.8 Å². The van der Waals surface area contributed by atoms with E-state index in [1.807, 2.05) is 0 Å². The first kappa shape index (κ1) is 27.6. The van der Waals surface area contributed by atoms with E-state index in [-0.39, 0.29) is 37.3 Å². The van der Waals surface area contributed by atoms with E-state index >= 15 is 0 Å². The average Bonchev–Trinajstić information content (AvgIpc) is 3.18. The molecule has 7 nitrogen and oxygen atoms in total. The smallest absolute Gasteiger partial charge is 0.433 e. The molecule has 2 aromatic heterocycles.